The van der Waals surface area contributed by atoms with Crippen molar-refractivity contribution in [2.45, 2.75) is 45.4 Å². The molecule has 0 fully saturated rings. The van der Waals surface area contributed by atoms with Gasteiger partial charge in [0.2, 0.25) is 34.8 Å². The molecule has 0 aliphatic carbocycles. The highest BCUT2D eigenvalue weighted by Crippen LogP contribution is 2.31. The molecule has 0 N–H and O–H groups in total. The zero-order valence-corrected chi connectivity index (χ0v) is 16.8. The lowest BCUT2D eigenvalue weighted by atomic mass is 9.94. The van der Waals surface area contributed by atoms with Gasteiger partial charge in [-0.2, -0.15) is 8.78 Å². The first kappa shape index (κ1) is 22.5. The lowest BCUT2D eigenvalue weighted by Gasteiger charge is -2.36. The maximum Gasteiger partial charge on any atom is 0.411 e. The molecule has 10 heteroatoms. The SMILES string of the molecule is CC(C)(C)OC(=O)N1Cc2ccccc2C[C@H]1C(=O)Oc1c(F)c(F)c(F)c(F)c1F. The summed E-state index contributed by atoms with van der Waals surface area (Å²) in [4.78, 5) is 26.4. The minimum absolute atomic E-state index is 0.0814. The number of rotatable bonds is 2. The van der Waals surface area contributed by atoms with Crippen LogP contribution in [0.1, 0.15) is 31.9 Å². The van der Waals surface area contributed by atoms with Crippen molar-refractivity contribution in [1.29, 1.82) is 0 Å². The van der Waals surface area contributed by atoms with Crippen LogP contribution < -0.4 is 4.74 Å². The molecule has 1 atom stereocenters. The summed E-state index contributed by atoms with van der Waals surface area (Å²) >= 11 is 0. The first-order valence-corrected chi connectivity index (χ1v) is 9.20. The Morgan fingerprint density at radius 1 is 0.903 bits per heavy atom. The monoisotopic (exact) mass is 443 g/mol. The van der Waals surface area contributed by atoms with Crippen molar-refractivity contribution in [2.75, 3.05) is 0 Å². The lowest BCUT2D eigenvalue weighted by Crippen LogP contribution is -2.51. The van der Waals surface area contributed by atoms with E-state index in [1.165, 1.54) is 0 Å². The van der Waals surface area contributed by atoms with Crippen molar-refractivity contribution in [3.05, 3.63) is 64.5 Å². The topological polar surface area (TPSA) is 55.8 Å². The van der Waals surface area contributed by atoms with E-state index >= 15 is 0 Å². The van der Waals surface area contributed by atoms with Crippen LogP contribution in [-0.2, 0) is 22.5 Å². The van der Waals surface area contributed by atoms with Crippen LogP contribution in [-0.4, -0.2) is 28.6 Å². The van der Waals surface area contributed by atoms with Gasteiger partial charge in [0.05, 0.1) is 6.54 Å². The number of nitrogens with zero attached hydrogens (tertiary/aromatic N) is 1. The highest BCUT2D eigenvalue weighted by molar-refractivity contribution is 5.84. The van der Waals surface area contributed by atoms with E-state index in [1.807, 2.05) is 0 Å². The summed E-state index contributed by atoms with van der Waals surface area (Å²) in [5.74, 6) is -14.6. The molecule has 0 aromatic heterocycles. The van der Waals surface area contributed by atoms with Crippen molar-refractivity contribution in [1.82, 2.24) is 4.90 Å². The minimum Gasteiger partial charge on any atom is -0.444 e. The molecule has 31 heavy (non-hydrogen) atoms. The molecule has 166 valence electrons. The summed E-state index contributed by atoms with van der Waals surface area (Å²) in [5.41, 5.74) is 0.444. The molecule has 1 heterocycles. The van der Waals surface area contributed by atoms with Crippen molar-refractivity contribution in [3.8, 4) is 5.75 Å². The predicted molar refractivity (Wildman–Crippen MR) is 97.6 cm³/mol. The van der Waals surface area contributed by atoms with Crippen molar-refractivity contribution in [2.24, 2.45) is 0 Å². The third-order valence-corrected chi connectivity index (χ3v) is 4.52. The normalized spacial score (nSPS) is 16.0. The van der Waals surface area contributed by atoms with E-state index in [2.05, 4.69) is 4.74 Å². The second-order valence-corrected chi connectivity index (χ2v) is 7.92. The summed E-state index contributed by atoms with van der Waals surface area (Å²) in [6.45, 7) is 4.72. The Morgan fingerprint density at radius 3 is 1.97 bits per heavy atom. The van der Waals surface area contributed by atoms with Crippen LogP contribution in [0.5, 0.6) is 5.75 Å². The largest absolute Gasteiger partial charge is 0.444 e. The second kappa shape index (κ2) is 8.16. The first-order chi connectivity index (χ1) is 14.4. The predicted octanol–water partition coefficient (Wildman–Crippen LogP) is 4.65. The lowest BCUT2D eigenvalue weighted by molar-refractivity contribution is -0.141. The smallest absolute Gasteiger partial charge is 0.411 e. The van der Waals surface area contributed by atoms with E-state index in [4.69, 9.17) is 4.74 Å². The zero-order valence-electron chi connectivity index (χ0n) is 16.8. The number of halogens is 5. The van der Waals surface area contributed by atoms with Crippen LogP contribution in [0.15, 0.2) is 24.3 Å². The van der Waals surface area contributed by atoms with Crippen molar-refractivity contribution < 1.29 is 41.0 Å². The molecular weight excluding hydrogens is 425 g/mol. The molecule has 0 saturated heterocycles. The van der Waals surface area contributed by atoms with E-state index in [-0.39, 0.29) is 13.0 Å². The van der Waals surface area contributed by atoms with E-state index < -0.39 is 58.5 Å². The van der Waals surface area contributed by atoms with Crippen LogP contribution in [0.4, 0.5) is 26.7 Å². The Bertz CT molecular complexity index is 1020. The molecule has 1 aliphatic rings. The first-order valence-electron chi connectivity index (χ1n) is 9.20. The van der Waals surface area contributed by atoms with Gasteiger partial charge in [-0.1, -0.05) is 24.3 Å². The van der Waals surface area contributed by atoms with Crippen LogP contribution >= 0.6 is 0 Å². The van der Waals surface area contributed by atoms with Crippen LogP contribution in [0.2, 0.25) is 0 Å². The van der Waals surface area contributed by atoms with Gasteiger partial charge in [-0.3, -0.25) is 4.90 Å². The van der Waals surface area contributed by atoms with Gasteiger partial charge in [0.1, 0.15) is 11.6 Å². The van der Waals surface area contributed by atoms with Crippen molar-refractivity contribution in [3.63, 3.8) is 0 Å². The highest BCUT2D eigenvalue weighted by Gasteiger charge is 2.39. The number of hydrogen-bond acceptors (Lipinski definition) is 4. The average Bonchev–Trinajstić information content (AvgIpc) is 2.71. The molecule has 2 aromatic rings. The summed E-state index contributed by atoms with van der Waals surface area (Å²) in [7, 11) is 0. The number of ether oxygens (including phenoxy) is 2. The Hall–Kier alpha value is -3.17. The summed E-state index contributed by atoms with van der Waals surface area (Å²) in [5, 5.41) is 0. The number of esters is 1. The quantitative estimate of drug-likeness (QED) is 0.223. The average molecular weight is 443 g/mol. The molecule has 0 spiro atoms. The van der Waals surface area contributed by atoms with Crippen molar-refractivity contribution >= 4 is 12.1 Å². The second-order valence-electron chi connectivity index (χ2n) is 7.92. The molecule has 0 unspecified atom stereocenters. The molecule has 0 saturated carbocycles. The summed E-state index contributed by atoms with van der Waals surface area (Å²) < 4.78 is 77.9. The van der Waals surface area contributed by atoms with Gasteiger partial charge in [-0.15, -0.1) is 0 Å². The van der Waals surface area contributed by atoms with E-state index in [0.29, 0.717) is 11.1 Å². The molecule has 2 aromatic carbocycles. The maximum atomic E-state index is 13.9. The molecule has 1 amide bonds. The number of fused-ring (bicyclic) bond motifs is 1. The number of amides is 1. The zero-order chi connectivity index (χ0) is 23.1. The third kappa shape index (κ3) is 4.47. The van der Waals surface area contributed by atoms with Gasteiger partial charge in [0.15, 0.2) is 0 Å². The van der Waals surface area contributed by atoms with E-state index in [1.54, 1.807) is 45.0 Å². The molecular formula is C21H18F5NO4. The van der Waals surface area contributed by atoms with Gasteiger partial charge in [0.25, 0.3) is 0 Å². The Kier molecular flexibility index (Phi) is 5.93. The minimum atomic E-state index is -2.38. The highest BCUT2D eigenvalue weighted by atomic mass is 19.2. The van der Waals surface area contributed by atoms with Gasteiger partial charge in [-0.05, 0) is 31.9 Å². The number of hydrogen-bond donors (Lipinski definition) is 0. The van der Waals surface area contributed by atoms with Crippen LogP contribution in [0.3, 0.4) is 0 Å². The fourth-order valence-electron chi connectivity index (χ4n) is 3.09. The third-order valence-electron chi connectivity index (χ3n) is 4.52. The molecule has 1 aliphatic heterocycles. The molecule has 3 rings (SSSR count). The summed E-state index contributed by atoms with van der Waals surface area (Å²) in [6.07, 6.45) is -1.01. The Balaban J connectivity index is 1.96. The summed E-state index contributed by atoms with van der Waals surface area (Å²) in [6, 6.07) is 5.40. The standard InChI is InChI=1S/C21H18F5NO4/c1-21(2,3)31-20(29)27-9-11-7-5-4-6-10(11)8-12(27)19(28)30-18-16(25)14(23)13(22)15(24)17(18)26/h4-7,12H,8-9H2,1-3H3/t12-/m0/s1. The van der Waals surface area contributed by atoms with Crippen LogP contribution in [0, 0.1) is 29.1 Å². The maximum absolute atomic E-state index is 13.9. The fourth-order valence-corrected chi connectivity index (χ4v) is 3.09. The molecule has 5 nitrogen and oxygen atoms in total. The Labute approximate surface area is 174 Å². The van der Waals surface area contributed by atoms with E-state index in [9.17, 15) is 31.5 Å². The molecule has 0 radical (unpaired) electrons. The molecule has 0 bridgehead atoms. The number of benzene rings is 2. The van der Waals surface area contributed by atoms with Gasteiger partial charge < -0.3 is 9.47 Å². The van der Waals surface area contributed by atoms with E-state index in [0.717, 1.165) is 4.90 Å². The van der Waals surface area contributed by atoms with Crippen LogP contribution in [0.25, 0.3) is 0 Å². The van der Waals surface area contributed by atoms with Gasteiger partial charge in [0, 0.05) is 6.42 Å². The number of carbonyl (C=O) groups excluding carboxylic acids is 2. The van der Waals surface area contributed by atoms with Gasteiger partial charge >= 0.3 is 12.1 Å². The number of carbonyl (C=O) groups is 2. The Morgan fingerprint density at radius 2 is 1.42 bits per heavy atom. The van der Waals surface area contributed by atoms with Gasteiger partial charge in [-0.25, -0.2) is 22.8 Å². The fraction of sp³-hybridized carbons (Fsp3) is 0.333.